The lowest BCUT2D eigenvalue weighted by atomic mass is 9.76. The van der Waals surface area contributed by atoms with Crippen molar-refractivity contribution in [3.05, 3.63) is 0 Å². The summed E-state index contributed by atoms with van der Waals surface area (Å²) in [6, 6.07) is 0. The van der Waals surface area contributed by atoms with Gasteiger partial charge in [0.05, 0.1) is 13.2 Å². The fourth-order valence-corrected chi connectivity index (χ4v) is 5.51. The number of hydrogen-bond acceptors (Lipinski definition) is 5. The molecule has 0 heterocycles. The Kier molecular flexibility index (Phi) is 5.49. The second-order valence-electron chi connectivity index (χ2n) is 8.15. The van der Waals surface area contributed by atoms with Crippen LogP contribution >= 0.6 is 0 Å². The van der Waals surface area contributed by atoms with Crippen molar-refractivity contribution in [3.8, 4) is 0 Å². The molecule has 2 bridgehead atoms. The Morgan fingerprint density at radius 1 is 1.08 bits per heavy atom. The molecule has 0 aromatic heterocycles. The largest absolute Gasteiger partial charge is 0.481 e. The number of carboxylic acids is 1. The molecule has 0 amide bonds. The van der Waals surface area contributed by atoms with E-state index in [2.05, 4.69) is 0 Å². The Labute approximate surface area is 143 Å². The molecular formula is C18H30O6. The summed E-state index contributed by atoms with van der Waals surface area (Å²) in [5.41, 5.74) is -1.28. The van der Waals surface area contributed by atoms with E-state index >= 15 is 0 Å². The van der Waals surface area contributed by atoms with Gasteiger partial charge in [0.1, 0.15) is 12.0 Å². The van der Waals surface area contributed by atoms with E-state index in [4.69, 9.17) is 9.78 Å². The van der Waals surface area contributed by atoms with Crippen LogP contribution in [0.3, 0.4) is 0 Å². The highest BCUT2D eigenvalue weighted by molar-refractivity contribution is 5.74. The highest BCUT2D eigenvalue weighted by Gasteiger charge is 2.55. The molecule has 6 heteroatoms. The van der Waals surface area contributed by atoms with Crippen LogP contribution in [0, 0.1) is 40.9 Å². The molecule has 7 unspecified atom stereocenters. The van der Waals surface area contributed by atoms with Crippen LogP contribution in [0.5, 0.6) is 0 Å². The van der Waals surface area contributed by atoms with Crippen LogP contribution in [0.25, 0.3) is 0 Å². The zero-order chi connectivity index (χ0) is 17.3. The Hall–Kier alpha value is -0.690. The predicted molar refractivity (Wildman–Crippen MR) is 85.8 cm³/mol. The van der Waals surface area contributed by atoms with Gasteiger partial charge in [-0.2, -0.15) is 0 Å². The highest BCUT2D eigenvalue weighted by atomic mass is 17.2. The summed E-state index contributed by atoms with van der Waals surface area (Å²) in [5.74, 6) is 2.86. The van der Waals surface area contributed by atoms with E-state index in [1.165, 1.54) is 12.8 Å². The first-order chi connectivity index (χ1) is 11.5. The quantitative estimate of drug-likeness (QED) is 0.335. The summed E-state index contributed by atoms with van der Waals surface area (Å²) in [4.78, 5) is 21.8. The van der Waals surface area contributed by atoms with Crippen molar-refractivity contribution in [2.24, 2.45) is 40.9 Å². The van der Waals surface area contributed by atoms with Crippen LogP contribution in [0.15, 0.2) is 0 Å². The standard InChI is InChI=1S/C18H30O6/c1-2-18(9-20,17(21)22)10-24-23-8-11-3-14-12-5-13(7-19)15(6-12)16(14)4-11/h11-16,19-20H,2-10H2,1H3,(H,21,22). The summed E-state index contributed by atoms with van der Waals surface area (Å²) in [7, 11) is 0. The van der Waals surface area contributed by atoms with Crippen LogP contribution in [0.4, 0.5) is 0 Å². The maximum atomic E-state index is 11.3. The molecule has 0 aliphatic heterocycles. The molecule has 6 nitrogen and oxygen atoms in total. The number of aliphatic hydroxyl groups is 2. The molecule has 3 rings (SSSR count). The number of aliphatic hydroxyl groups excluding tert-OH is 2. The van der Waals surface area contributed by atoms with Crippen LogP contribution in [-0.2, 0) is 14.6 Å². The topological polar surface area (TPSA) is 96.2 Å². The second-order valence-corrected chi connectivity index (χ2v) is 8.15. The minimum atomic E-state index is -1.28. The summed E-state index contributed by atoms with van der Waals surface area (Å²) >= 11 is 0. The molecular weight excluding hydrogens is 312 g/mol. The predicted octanol–water partition coefficient (Wildman–Crippen LogP) is 1.70. The van der Waals surface area contributed by atoms with E-state index in [-0.39, 0.29) is 6.61 Å². The van der Waals surface area contributed by atoms with Gasteiger partial charge in [0, 0.05) is 6.61 Å². The Balaban J connectivity index is 1.42. The Morgan fingerprint density at radius 2 is 1.83 bits per heavy atom. The van der Waals surface area contributed by atoms with Crippen molar-refractivity contribution in [1.29, 1.82) is 0 Å². The zero-order valence-electron chi connectivity index (χ0n) is 14.4. The van der Waals surface area contributed by atoms with Crippen molar-refractivity contribution >= 4 is 5.97 Å². The molecule has 3 saturated carbocycles. The lowest BCUT2D eigenvalue weighted by molar-refractivity contribution is -0.316. The molecule has 24 heavy (non-hydrogen) atoms. The van der Waals surface area contributed by atoms with E-state index in [9.17, 15) is 20.1 Å². The average molecular weight is 342 g/mol. The van der Waals surface area contributed by atoms with Crippen LogP contribution in [0.1, 0.15) is 39.0 Å². The first-order valence-corrected chi connectivity index (χ1v) is 9.24. The maximum Gasteiger partial charge on any atom is 0.314 e. The first-order valence-electron chi connectivity index (χ1n) is 9.24. The van der Waals surface area contributed by atoms with Gasteiger partial charge >= 0.3 is 5.97 Å². The zero-order valence-corrected chi connectivity index (χ0v) is 14.4. The summed E-state index contributed by atoms with van der Waals surface area (Å²) in [6.45, 7) is 1.94. The van der Waals surface area contributed by atoms with Crippen molar-refractivity contribution in [3.63, 3.8) is 0 Å². The molecule has 0 aromatic carbocycles. The van der Waals surface area contributed by atoms with E-state index < -0.39 is 18.0 Å². The molecule has 138 valence electrons. The van der Waals surface area contributed by atoms with Crippen LogP contribution in [0.2, 0.25) is 0 Å². The lowest BCUT2D eigenvalue weighted by Crippen LogP contribution is -2.39. The number of carbonyl (C=O) groups is 1. The highest BCUT2D eigenvalue weighted by Crippen LogP contribution is 2.62. The van der Waals surface area contributed by atoms with Crippen molar-refractivity contribution in [2.75, 3.05) is 26.4 Å². The minimum Gasteiger partial charge on any atom is -0.481 e. The van der Waals surface area contributed by atoms with Gasteiger partial charge in [-0.25, -0.2) is 9.78 Å². The number of aliphatic carboxylic acids is 1. The molecule has 0 spiro atoms. The summed E-state index contributed by atoms with van der Waals surface area (Å²) in [5, 5.41) is 28.1. The SMILES string of the molecule is CCC(CO)(COOCC1CC2C3CC(CO)C(C3)C2C1)C(=O)O. The van der Waals surface area contributed by atoms with Crippen molar-refractivity contribution in [2.45, 2.75) is 39.0 Å². The fraction of sp³-hybridized carbons (Fsp3) is 0.944. The fourth-order valence-electron chi connectivity index (χ4n) is 5.51. The van der Waals surface area contributed by atoms with Gasteiger partial charge in [-0.15, -0.1) is 0 Å². The van der Waals surface area contributed by atoms with Crippen LogP contribution in [-0.4, -0.2) is 47.7 Å². The van der Waals surface area contributed by atoms with E-state index in [0.29, 0.717) is 37.4 Å². The van der Waals surface area contributed by atoms with Crippen LogP contribution < -0.4 is 0 Å². The number of fused-ring (bicyclic) bond motifs is 5. The third-order valence-electron chi connectivity index (χ3n) is 7.09. The maximum absolute atomic E-state index is 11.3. The number of hydrogen-bond donors (Lipinski definition) is 3. The molecule has 3 fully saturated rings. The van der Waals surface area contributed by atoms with E-state index in [0.717, 1.165) is 30.6 Å². The van der Waals surface area contributed by atoms with Crippen molar-refractivity contribution in [1.82, 2.24) is 0 Å². The van der Waals surface area contributed by atoms with Gasteiger partial charge in [0.25, 0.3) is 0 Å². The minimum absolute atomic E-state index is 0.132. The number of rotatable bonds is 9. The average Bonchev–Trinajstić information content (AvgIpc) is 3.26. The van der Waals surface area contributed by atoms with Gasteiger partial charge in [0.2, 0.25) is 0 Å². The third-order valence-corrected chi connectivity index (χ3v) is 7.09. The molecule has 7 atom stereocenters. The Morgan fingerprint density at radius 3 is 2.46 bits per heavy atom. The summed E-state index contributed by atoms with van der Waals surface area (Å²) in [6.07, 6.45) is 5.05. The lowest BCUT2D eigenvalue weighted by Gasteiger charge is -2.30. The van der Waals surface area contributed by atoms with Gasteiger partial charge in [0.15, 0.2) is 0 Å². The molecule has 0 radical (unpaired) electrons. The molecule has 3 aliphatic rings. The third kappa shape index (κ3) is 3.09. The molecule has 0 saturated heterocycles. The molecule has 3 aliphatic carbocycles. The number of carboxylic acid groups (broad SMARTS) is 1. The van der Waals surface area contributed by atoms with Gasteiger partial charge in [-0.3, -0.25) is 4.79 Å². The Bertz CT molecular complexity index is 447. The monoisotopic (exact) mass is 342 g/mol. The van der Waals surface area contributed by atoms with Gasteiger partial charge in [-0.05, 0) is 67.6 Å². The summed E-state index contributed by atoms with van der Waals surface area (Å²) < 4.78 is 0. The van der Waals surface area contributed by atoms with Gasteiger partial charge in [-0.1, -0.05) is 6.92 Å². The first kappa shape index (κ1) is 18.1. The smallest absolute Gasteiger partial charge is 0.314 e. The van der Waals surface area contributed by atoms with E-state index in [1.807, 2.05) is 0 Å². The van der Waals surface area contributed by atoms with E-state index in [1.54, 1.807) is 6.92 Å². The second kappa shape index (κ2) is 7.28. The van der Waals surface area contributed by atoms with Crippen molar-refractivity contribution < 1.29 is 29.9 Å². The molecule has 3 N–H and O–H groups in total. The normalized spacial score (nSPS) is 39.8. The van der Waals surface area contributed by atoms with Gasteiger partial charge < -0.3 is 15.3 Å². The molecule has 0 aromatic rings.